The molecule has 0 aromatic carbocycles. The van der Waals surface area contributed by atoms with Crippen LogP contribution >= 0.6 is 22.7 Å². The largest absolute Gasteiger partial charge is 0.367 e. The van der Waals surface area contributed by atoms with Crippen LogP contribution in [0.15, 0.2) is 17.6 Å². The Balaban J connectivity index is 2.43. The van der Waals surface area contributed by atoms with Crippen molar-refractivity contribution < 1.29 is 0 Å². The standard InChI is InChI=1S/C8H9N5S2/c1-10-13-8(9)11-7(12-13)6-3-2-4-15(6)5-14/h2-4,10H,1H3,(H2,9,11,12). The monoisotopic (exact) mass is 239 g/mol. The third kappa shape index (κ3) is 1.72. The molecule has 1 atom stereocenters. The van der Waals surface area contributed by atoms with Crippen molar-refractivity contribution in [2.45, 2.75) is 0 Å². The Morgan fingerprint density at radius 1 is 1.67 bits per heavy atom. The predicted octanol–water partition coefficient (Wildman–Crippen LogP) is 1.00. The first-order valence-electron chi connectivity index (χ1n) is 4.16. The van der Waals surface area contributed by atoms with Gasteiger partial charge in [0.2, 0.25) is 5.95 Å². The number of thiocarbonyl (C=S) groups is 1. The zero-order chi connectivity index (χ0) is 10.8. The lowest BCUT2D eigenvalue weighted by molar-refractivity contribution is 0.789. The number of aromatic nitrogens is 3. The molecule has 1 aliphatic heterocycles. The highest BCUT2D eigenvalue weighted by molar-refractivity contribution is 8.28. The van der Waals surface area contributed by atoms with Crippen LogP contribution in [0.1, 0.15) is 5.82 Å². The highest BCUT2D eigenvalue weighted by Crippen LogP contribution is 2.36. The molecule has 5 nitrogen and oxygen atoms in total. The maximum atomic E-state index is 5.64. The topological polar surface area (TPSA) is 68.8 Å². The Morgan fingerprint density at radius 3 is 3.07 bits per heavy atom. The molecule has 0 bridgehead atoms. The third-order valence-electron chi connectivity index (χ3n) is 1.85. The lowest BCUT2D eigenvalue weighted by atomic mass is 10.5. The number of nitrogen functional groups attached to an aromatic ring is 1. The molecule has 3 N–H and O–H groups in total. The van der Waals surface area contributed by atoms with Gasteiger partial charge in [0.1, 0.15) is 0 Å². The second kappa shape index (κ2) is 3.98. The fourth-order valence-electron chi connectivity index (χ4n) is 1.19. The van der Waals surface area contributed by atoms with E-state index in [1.54, 1.807) is 7.05 Å². The molecule has 0 aliphatic carbocycles. The van der Waals surface area contributed by atoms with Crippen molar-refractivity contribution in [1.82, 2.24) is 14.9 Å². The molecule has 1 aliphatic rings. The minimum absolute atomic E-state index is 0.296. The Kier molecular flexibility index (Phi) is 2.68. The van der Waals surface area contributed by atoms with Crippen molar-refractivity contribution in [3.8, 4) is 0 Å². The van der Waals surface area contributed by atoms with Gasteiger partial charge < -0.3 is 11.2 Å². The van der Waals surface area contributed by atoms with Gasteiger partial charge in [0.15, 0.2) is 5.82 Å². The summed E-state index contributed by atoms with van der Waals surface area (Å²) in [7, 11) is 1.43. The Morgan fingerprint density at radius 2 is 2.47 bits per heavy atom. The Labute approximate surface area is 94.6 Å². The Hall–Kier alpha value is -1.43. The van der Waals surface area contributed by atoms with E-state index in [4.69, 9.17) is 18.0 Å². The van der Waals surface area contributed by atoms with E-state index >= 15 is 0 Å². The van der Waals surface area contributed by atoms with Crippen molar-refractivity contribution in [3.63, 3.8) is 0 Å². The molecule has 0 spiro atoms. The summed E-state index contributed by atoms with van der Waals surface area (Å²) in [6, 6.07) is 0. The van der Waals surface area contributed by atoms with E-state index in [-0.39, 0.29) is 10.5 Å². The lowest BCUT2D eigenvalue weighted by Gasteiger charge is -1.98. The SMILES string of the molecule is CNn1nc(C2=CC=CS2=C=S)nc1N. The molecule has 0 saturated heterocycles. The number of nitrogens with zero attached hydrogens (tertiary/aromatic N) is 3. The summed E-state index contributed by atoms with van der Waals surface area (Å²) in [5.41, 5.74) is 8.44. The second-order valence-corrected chi connectivity index (χ2v) is 4.76. The Bertz CT molecular complexity index is 507. The number of hydrogen-bond donors (Lipinski definition) is 2. The van der Waals surface area contributed by atoms with Crippen molar-refractivity contribution in [3.05, 3.63) is 23.4 Å². The van der Waals surface area contributed by atoms with Crippen LogP contribution in [0.5, 0.6) is 0 Å². The zero-order valence-corrected chi connectivity index (χ0v) is 9.60. The van der Waals surface area contributed by atoms with Gasteiger partial charge in [-0.15, -0.1) is 9.89 Å². The quantitative estimate of drug-likeness (QED) is 0.754. The van der Waals surface area contributed by atoms with Crippen LogP contribution in [0.2, 0.25) is 0 Å². The first-order valence-corrected chi connectivity index (χ1v) is 5.86. The first-order chi connectivity index (χ1) is 7.26. The van der Waals surface area contributed by atoms with Gasteiger partial charge in [0.05, 0.1) is 4.91 Å². The van der Waals surface area contributed by atoms with Crippen LogP contribution in [0, 0.1) is 0 Å². The number of rotatable bonds is 2. The number of allylic oxidation sites excluding steroid dienone is 2. The summed E-state index contributed by atoms with van der Waals surface area (Å²) < 4.78 is 2.76. The summed E-state index contributed by atoms with van der Waals surface area (Å²) in [4.78, 5) is 6.51. The normalized spacial score (nSPS) is 18.7. The molecule has 15 heavy (non-hydrogen) atoms. The molecule has 2 rings (SSSR count). The minimum atomic E-state index is -0.296. The van der Waals surface area contributed by atoms with Gasteiger partial charge >= 0.3 is 0 Å². The van der Waals surface area contributed by atoms with E-state index < -0.39 is 0 Å². The molecule has 1 aromatic rings. The summed E-state index contributed by atoms with van der Waals surface area (Å²) in [6.45, 7) is 0. The van der Waals surface area contributed by atoms with Gasteiger partial charge in [-0.1, -0.05) is 16.6 Å². The van der Waals surface area contributed by atoms with E-state index in [0.717, 1.165) is 4.91 Å². The van der Waals surface area contributed by atoms with Crippen LogP contribution in [0.3, 0.4) is 0 Å². The fourth-order valence-corrected chi connectivity index (χ4v) is 2.66. The molecule has 0 amide bonds. The van der Waals surface area contributed by atoms with Crippen molar-refractivity contribution in [2.75, 3.05) is 18.2 Å². The lowest BCUT2D eigenvalue weighted by Crippen LogP contribution is -2.13. The molecule has 0 fully saturated rings. The van der Waals surface area contributed by atoms with Crippen molar-refractivity contribution in [2.24, 2.45) is 0 Å². The van der Waals surface area contributed by atoms with Crippen LogP contribution in [-0.2, 0) is 0 Å². The summed E-state index contributed by atoms with van der Waals surface area (Å²) in [5.74, 6) is 0.917. The summed E-state index contributed by atoms with van der Waals surface area (Å²) in [5, 5.41) is 6.16. The number of nitrogens with two attached hydrogens (primary N) is 1. The van der Waals surface area contributed by atoms with E-state index in [9.17, 15) is 0 Å². The molecule has 1 unspecified atom stereocenters. The molecule has 0 radical (unpaired) electrons. The second-order valence-electron chi connectivity index (χ2n) is 2.71. The predicted molar refractivity (Wildman–Crippen MR) is 67.0 cm³/mol. The van der Waals surface area contributed by atoms with E-state index in [1.807, 2.05) is 17.6 Å². The molecule has 78 valence electrons. The zero-order valence-electron chi connectivity index (χ0n) is 7.97. The van der Waals surface area contributed by atoms with Crippen LogP contribution in [0.25, 0.3) is 4.91 Å². The van der Waals surface area contributed by atoms with Crippen LogP contribution in [0.4, 0.5) is 5.95 Å². The van der Waals surface area contributed by atoms with Gasteiger partial charge in [-0.25, -0.2) is 0 Å². The fraction of sp³-hybridized carbons (Fsp3) is 0.125. The summed E-state index contributed by atoms with van der Waals surface area (Å²) in [6.07, 6.45) is 3.85. The smallest absolute Gasteiger partial charge is 0.239 e. The molecular formula is C8H9N5S2. The van der Waals surface area contributed by atoms with Gasteiger partial charge in [-0.05, 0) is 28.0 Å². The van der Waals surface area contributed by atoms with E-state index in [2.05, 4.69) is 19.8 Å². The number of hydrogen-bond acceptors (Lipinski definition) is 5. The average Bonchev–Trinajstić information content (AvgIpc) is 2.82. The molecule has 0 saturated carbocycles. The van der Waals surface area contributed by atoms with E-state index in [1.165, 1.54) is 4.79 Å². The van der Waals surface area contributed by atoms with Gasteiger partial charge in [0, 0.05) is 7.05 Å². The van der Waals surface area contributed by atoms with E-state index in [0.29, 0.717) is 11.8 Å². The molecule has 2 heterocycles. The van der Waals surface area contributed by atoms with Gasteiger partial charge in [0.25, 0.3) is 0 Å². The molecule has 7 heteroatoms. The third-order valence-corrected chi connectivity index (χ3v) is 3.79. The highest BCUT2D eigenvalue weighted by atomic mass is 32.2. The molecule has 1 aromatic heterocycles. The minimum Gasteiger partial charge on any atom is -0.367 e. The maximum absolute atomic E-state index is 5.64. The first kappa shape index (κ1) is 10.1. The number of anilines is 1. The van der Waals surface area contributed by atoms with Gasteiger partial charge in [-0.2, -0.15) is 4.98 Å². The van der Waals surface area contributed by atoms with Gasteiger partial charge in [-0.3, -0.25) is 0 Å². The highest BCUT2D eigenvalue weighted by Gasteiger charge is 2.14. The summed E-state index contributed by atoms with van der Waals surface area (Å²) >= 11 is 4.82. The van der Waals surface area contributed by atoms with Crippen LogP contribution in [-0.4, -0.2) is 26.2 Å². The van der Waals surface area contributed by atoms with Crippen molar-refractivity contribution >= 4 is 37.9 Å². The number of nitrogens with one attached hydrogen (secondary N) is 1. The average molecular weight is 239 g/mol. The molecular weight excluding hydrogens is 230 g/mol. The van der Waals surface area contributed by atoms with Crippen LogP contribution < -0.4 is 11.2 Å². The maximum Gasteiger partial charge on any atom is 0.239 e. The van der Waals surface area contributed by atoms with Crippen molar-refractivity contribution in [1.29, 1.82) is 0 Å².